The predicted molar refractivity (Wildman–Crippen MR) is 155 cm³/mol. The van der Waals surface area contributed by atoms with E-state index in [9.17, 15) is 5.26 Å². The van der Waals surface area contributed by atoms with Gasteiger partial charge in [0.2, 0.25) is 0 Å². The second kappa shape index (κ2) is 7.98. The molecule has 5 aromatic carbocycles. The van der Waals surface area contributed by atoms with Crippen LogP contribution in [0.1, 0.15) is 33.4 Å². The minimum atomic E-state index is -0.620. The van der Waals surface area contributed by atoms with E-state index in [1.165, 1.54) is 32.3 Å². The Morgan fingerprint density at radius 3 is 1.92 bits per heavy atom. The summed E-state index contributed by atoms with van der Waals surface area (Å²) >= 11 is 1.81. The summed E-state index contributed by atoms with van der Waals surface area (Å²) in [6.07, 6.45) is 0. The molecule has 3 aliphatic rings. The number of hydrogen-bond donors (Lipinski definition) is 0. The molecule has 4 heteroatoms. The molecule has 3 nitrogen and oxygen atoms in total. The monoisotopic (exact) mass is 513 g/mol. The summed E-state index contributed by atoms with van der Waals surface area (Å²) < 4.78 is 0. The second-order valence-electron chi connectivity index (χ2n) is 9.86. The molecule has 0 radical (unpaired) electrons. The summed E-state index contributed by atoms with van der Waals surface area (Å²) in [5.41, 5.74) is 10.2. The van der Waals surface area contributed by atoms with E-state index in [1.54, 1.807) is 0 Å². The fraction of sp³-hybridized carbons (Fsp3) is 0.0286. The molecule has 2 heterocycles. The molecule has 2 aliphatic heterocycles. The maximum absolute atomic E-state index is 10.0. The van der Waals surface area contributed by atoms with Crippen molar-refractivity contribution in [1.82, 2.24) is 0 Å². The van der Waals surface area contributed by atoms with Gasteiger partial charge in [-0.2, -0.15) is 0 Å². The zero-order valence-corrected chi connectivity index (χ0v) is 21.5. The van der Waals surface area contributed by atoms with E-state index in [0.717, 1.165) is 27.9 Å². The zero-order chi connectivity index (χ0) is 26.1. The largest absolute Gasteiger partial charge is 0.308 e. The lowest BCUT2D eigenvalue weighted by atomic mass is 9.56. The molecule has 0 aromatic heterocycles. The number of allylic oxidation sites excluding steroid dienone is 1. The molecule has 180 valence electrons. The van der Waals surface area contributed by atoms with E-state index >= 15 is 0 Å². The fourth-order valence-corrected chi connectivity index (χ4v) is 7.90. The Morgan fingerprint density at radius 2 is 1.23 bits per heavy atom. The standard InChI is InChI=1S/C35H19N3S/c1-37-28(21-36)33-22-11-2-4-13-24(22)35(25-14-5-3-12-23(25)33)26-15-6-7-17-29(26)38-30-18-8-9-19-31(30)39-32-20-10-16-27(35)34(32)38/h2-20H. The van der Waals surface area contributed by atoms with Crippen LogP contribution in [-0.4, -0.2) is 0 Å². The van der Waals surface area contributed by atoms with E-state index in [2.05, 4.69) is 119 Å². The smallest absolute Gasteiger partial charge is 0.270 e. The van der Waals surface area contributed by atoms with Crippen molar-refractivity contribution in [3.63, 3.8) is 0 Å². The maximum Gasteiger partial charge on any atom is 0.270 e. The van der Waals surface area contributed by atoms with Gasteiger partial charge in [-0.3, -0.25) is 0 Å². The number of hydrogen-bond acceptors (Lipinski definition) is 3. The number of benzene rings is 5. The first-order valence-electron chi connectivity index (χ1n) is 12.8. The molecule has 0 saturated heterocycles. The van der Waals surface area contributed by atoms with Crippen LogP contribution in [0.25, 0.3) is 10.4 Å². The molecule has 0 saturated carbocycles. The van der Waals surface area contributed by atoms with E-state index in [1.807, 2.05) is 23.9 Å². The summed E-state index contributed by atoms with van der Waals surface area (Å²) in [7, 11) is 0. The lowest BCUT2D eigenvalue weighted by molar-refractivity contribution is 0.713. The maximum atomic E-state index is 10.0. The van der Waals surface area contributed by atoms with Gasteiger partial charge in [-0.1, -0.05) is 103 Å². The van der Waals surface area contributed by atoms with Gasteiger partial charge >= 0.3 is 0 Å². The Bertz CT molecular complexity index is 1920. The Morgan fingerprint density at radius 1 is 0.667 bits per heavy atom. The van der Waals surface area contributed by atoms with Crippen molar-refractivity contribution >= 4 is 34.4 Å². The molecule has 0 amide bonds. The van der Waals surface area contributed by atoms with Crippen molar-refractivity contribution in [2.24, 2.45) is 0 Å². The van der Waals surface area contributed by atoms with Crippen LogP contribution in [0.4, 0.5) is 17.1 Å². The van der Waals surface area contributed by atoms with Crippen molar-refractivity contribution in [3.05, 3.63) is 166 Å². The van der Waals surface area contributed by atoms with Gasteiger partial charge in [0.25, 0.3) is 5.70 Å². The van der Waals surface area contributed by atoms with E-state index in [0.29, 0.717) is 5.57 Å². The minimum Gasteiger partial charge on any atom is -0.308 e. The highest BCUT2D eigenvalue weighted by molar-refractivity contribution is 7.99. The lowest BCUT2D eigenvalue weighted by Gasteiger charge is -2.51. The van der Waals surface area contributed by atoms with Gasteiger partial charge in [0.15, 0.2) is 0 Å². The van der Waals surface area contributed by atoms with Crippen molar-refractivity contribution in [2.75, 3.05) is 4.90 Å². The summed E-state index contributed by atoms with van der Waals surface area (Å²) in [6.45, 7) is 7.84. The highest BCUT2D eigenvalue weighted by Gasteiger charge is 2.52. The molecule has 0 unspecified atom stereocenters. The van der Waals surface area contributed by atoms with Gasteiger partial charge < -0.3 is 4.90 Å². The van der Waals surface area contributed by atoms with Gasteiger partial charge in [0.1, 0.15) is 0 Å². The van der Waals surface area contributed by atoms with Crippen LogP contribution >= 0.6 is 11.8 Å². The van der Waals surface area contributed by atoms with Crippen molar-refractivity contribution < 1.29 is 0 Å². The number of anilines is 3. The third kappa shape index (κ3) is 2.66. The van der Waals surface area contributed by atoms with Crippen LogP contribution in [-0.2, 0) is 5.41 Å². The molecule has 0 fully saturated rings. The normalized spacial score (nSPS) is 17.1. The van der Waals surface area contributed by atoms with Gasteiger partial charge in [-0.05, 0) is 57.6 Å². The molecular formula is C35H19N3S. The van der Waals surface area contributed by atoms with Crippen LogP contribution in [0.2, 0.25) is 0 Å². The van der Waals surface area contributed by atoms with Gasteiger partial charge in [-0.25, -0.2) is 10.1 Å². The Hall–Kier alpha value is -5.03. The summed E-state index contributed by atoms with van der Waals surface area (Å²) in [6, 6.07) is 42.8. The van der Waals surface area contributed by atoms with Gasteiger partial charge in [0.05, 0.1) is 35.1 Å². The Labute approximate surface area is 231 Å². The third-order valence-electron chi connectivity index (χ3n) is 8.16. The molecule has 39 heavy (non-hydrogen) atoms. The van der Waals surface area contributed by atoms with E-state index < -0.39 is 5.41 Å². The minimum absolute atomic E-state index is 0.120. The van der Waals surface area contributed by atoms with Crippen LogP contribution in [0, 0.1) is 17.9 Å². The molecule has 8 rings (SSSR count). The number of nitrogens with zero attached hydrogens (tertiary/aromatic N) is 3. The number of para-hydroxylation sites is 3. The SMILES string of the molecule is [C-]#[N+]C(C#N)=C1c2ccccc2C2(c3ccccc31)c1ccccc1N1c3ccccc3Sc3cccc2c31. The van der Waals surface area contributed by atoms with Gasteiger partial charge in [0, 0.05) is 15.4 Å². The number of fused-ring (bicyclic) bond motifs is 10. The molecule has 0 bridgehead atoms. The molecular weight excluding hydrogens is 494 g/mol. The quantitative estimate of drug-likeness (QED) is 0.150. The fourth-order valence-electron chi connectivity index (χ4n) is 6.80. The Kier molecular flexibility index (Phi) is 4.50. The average Bonchev–Trinajstić information content (AvgIpc) is 3.00. The van der Waals surface area contributed by atoms with Crippen LogP contribution < -0.4 is 4.90 Å². The number of nitriles is 1. The summed E-state index contributed by atoms with van der Waals surface area (Å²) in [5.74, 6) is 0. The van der Waals surface area contributed by atoms with Crippen LogP contribution in [0.15, 0.2) is 131 Å². The van der Waals surface area contributed by atoms with Crippen molar-refractivity contribution in [1.29, 1.82) is 5.26 Å². The molecule has 5 aromatic rings. The topological polar surface area (TPSA) is 31.4 Å². The van der Waals surface area contributed by atoms with Crippen LogP contribution in [0.5, 0.6) is 0 Å². The summed E-state index contributed by atoms with van der Waals surface area (Å²) in [5, 5.41) is 10.0. The first-order valence-corrected chi connectivity index (χ1v) is 13.6. The molecule has 0 N–H and O–H groups in total. The molecule has 1 spiro atoms. The first kappa shape index (κ1) is 22.0. The zero-order valence-electron chi connectivity index (χ0n) is 20.7. The summed E-state index contributed by atoms with van der Waals surface area (Å²) in [4.78, 5) is 8.56. The van der Waals surface area contributed by atoms with E-state index in [-0.39, 0.29) is 5.70 Å². The molecule has 0 atom stereocenters. The average molecular weight is 514 g/mol. The van der Waals surface area contributed by atoms with Crippen molar-refractivity contribution in [3.8, 4) is 6.07 Å². The van der Waals surface area contributed by atoms with Crippen molar-refractivity contribution in [2.45, 2.75) is 15.2 Å². The van der Waals surface area contributed by atoms with Crippen LogP contribution in [0.3, 0.4) is 0 Å². The predicted octanol–water partition coefficient (Wildman–Crippen LogP) is 8.83. The highest BCUT2D eigenvalue weighted by Crippen LogP contribution is 2.65. The van der Waals surface area contributed by atoms with E-state index in [4.69, 9.17) is 6.57 Å². The lowest BCUT2D eigenvalue weighted by Crippen LogP contribution is -2.41. The third-order valence-corrected chi connectivity index (χ3v) is 9.27. The highest BCUT2D eigenvalue weighted by atomic mass is 32.2. The second-order valence-corrected chi connectivity index (χ2v) is 10.9. The van der Waals surface area contributed by atoms with Gasteiger partial charge in [-0.15, -0.1) is 0 Å². The number of rotatable bonds is 0. The first-order chi connectivity index (χ1) is 19.3. The Balaban J connectivity index is 1.60. The molecule has 1 aliphatic carbocycles.